The van der Waals surface area contributed by atoms with Crippen molar-refractivity contribution in [3.05, 3.63) is 0 Å². The van der Waals surface area contributed by atoms with Crippen molar-refractivity contribution in [2.24, 2.45) is 0 Å². The second-order valence-corrected chi connectivity index (χ2v) is 12.8. The Morgan fingerprint density at radius 1 is 0.372 bits per heavy atom. The van der Waals surface area contributed by atoms with E-state index in [0.717, 1.165) is 0 Å². The van der Waals surface area contributed by atoms with E-state index in [2.05, 4.69) is 45.7 Å². The highest BCUT2D eigenvalue weighted by Crippen LogP contribution is 2.71. The van der Waals surface area contributed by atoms with Crippen LogP contribution in [0.4, 0.5) is 22.7 Å². The summed E-state index contributed by atoms with van der Waals surface area (Å²) in [6, 6.07) is 0. The smallest absolute Gasteiger partial charge is 0.224 e. The van der Waals surface area contributed by atoms with Crippen molar-refractivity contribution in [2.75, 3.05) is 26.0 Å². The van der Waals surface area contributed by atoms with Gasteiger partial charge in [-0.15, -0.1) is 0 Å². The maximum atomic E-state index is 6.30. The highest BCUT2D eigenvalue weighted by molar-refractivity contribution is 14.1. The summed E-state index contributed by atoms with van der Waals surface area (Å²) >= 11 is 17.1. The van der Waals surface area contributed by atoms with Gasteiger partial charge in [-0.25, -0.2) is 0 Å². The van der Waals surface area contributed by atoms with Crippen molar-refractivity contribution in [1.82, 2.24) is 0 Å². The SMILES string of the molecule is CCOc1c(OCC)c(OCC)c2c(c1OI)N(I)c1c(OI)c(OI)c3c(OI)c(OI)c(OI)c(OI)c3c1N2I. The van der Waals surface area contributed by atoms with Crippen LogP contribution < -0.4 is 41.9 Å². The third kappa shape index (κ3) is 6.56. The lowest BCUT2D eigenvalue weighted by Gasteiger charge is -2.38. The molecule has 21 heteroatoms. The van der Waals surface area contributed by atoms with Crippen molar-refractivity contribution in [3.63, 3.8) is 0 Å². The summed E-state index contributed by atoms with van der Waals surface area (Å²) in [7, 11) is 0. The minimum absolute atomic E-state index is 0.302. The van der Waals surface area contributed by atoms with Crippen LogP contribution in [0.1, 0.15) is 20.8 Å². The lowest BCUT2D eigenvalue weighted by Crippen LogP contribution is -2.21. The van der Waals surface area contributed by atoms with Crippen LogP contribution >= 0.6 is 207 Å². The Morgan fingerprint density at radius 2 is 0.674 bits per heavy atom. The van der Waals surface area contributed by atoms with Crippen molar-refractivity contribution >= 4 is 240 Å². The number of nitrogens with zero attached hydrogens (tertiary/aromatic N) is 2. The van der Waals surface area contributed by atoms with Gasteiger partial charge in [0, 0.05) is 0 Å². The number of halogens is 9. The normalized spacial score (nSPS) is 11.9. The lowest BCUT2D eigenvalue weighted by atomic mass is 9.99. The van der Waals surface area contributed by atoms with E-state index in [1.165, 1.54) is 0 Å². The zero-order valence-corrected chi connectivity index (χ0v) is 40.9. The topological polar surface area (TPSA) is 98.8 Å². The van der Waals surface area contributed by atoms with Gasteiger partial charge in [-0.05, 0) is 20.8 Å². The minimum Gasteiger partial charge on any atom is -0.488 e. The average Bonchev–Trinajstić information content (AvgIpc) is 3.02. The van der Waals surface area contributed by atoms with Crippen LogP contribution in [0, 0.1) is 0 Å². The van der Waals surface area contributed by atoms with E-state index in [9.17, 15) is 0 Å². The van der Waals surface area contributed by atoms with Gasteiger partial charge in [-0.2, -0.15) is 0 Å². The monoisotopic (exact) mass is 1610 g/mol. The molecule has 3 aromatic carbocycles. The Hall–Kier alpha value is 2.09. The van der Waals surface area contributed by atoms with E-state index >= 15 is 0 Å². The lowest BCUT2D eigenvalue weighted by molar-refractivity contribution is 0.259. The second kappa shape index (κ2) is 17.1. The molecule has 43 heavy (non-hydrogen) atoms. The van der Waals surface area contributed by atoms with Gasteiger partial charge in [0.05, 0.1) is 82.0 Å². The highest BCUT2D eigenvalue weighted by Gasteiger charge is 2.44. The van der Waals surface area contributed by atoms with Crippen LogP contribution in [-0.2, 0) is 0 Å². The molecule has 0 saturated carbocycles. The summed E-state index contributed by atoms with van der Waals surface area (Å²) < 4.78 is 63.8. The van der Waals surface area contributed by atoms with Crippen LogP contribution in [0.3, 0.4) is 0 Å². The molecule has 0 aliphatic carbocycles. The molecule has 236 valence electrons. The van der Waals surface area contributed by atoms with Crippen LogP contribution in [0.25, 0.3) is 10.8 Å². The van der Waals surface area contributed by atoms with E-state index in [1.54, 1.807) is 69.0 Å². The predicted molar refractivity (Wildman–Crippen MR) is 239 cm³/mol. The molecular weight excluding hydrogens is 1590 g/mol. The zero-order chi connectivity index (χ0) is 31.6. The molecule has 4 rings (SSSR count). The molecule has 0 fully saturated rings. The highest BCUT2D eigenvalue weighted by atomic mass is 127. The van der Waals surface area contributed by atoms with E-state index in [1.807, 2.05) is 119 Å². The second-order valence-electron chi connectivity index (χ2n) is 7.84. The quantitative estimate of drug-likeness (QED) is 0.120. The molecule has 0 unspecified atom stereocenters. The number of hydrogen-bond acceptors (Lipinski definition) is 12. The molecule has 1 aliphatic heterocycles. The van der Waals surface area contributed by atoms with Gasteiger partial charge >= 0.3 is 0 Å². The van der Waals surface area contributed by atoms with Crippen molar-refractivity contribution in [2.45, 2.75) is 20.8 Å². The largest absolute Gasteiger partial charge is 0.488 e. The first-order valence-corrected chi connectivity index (χ1v) is 19.7. The summed E-state index contributed by atoms with van der Waals surface area (Å²) in [5, 5.41) is 1.12. The van der Waals surface area contributed by atoms with Gasteiger partial charge < -0.3 is 35.7 Å². The van der Waals surface area contributed by atoms with Gasteiger partial charge in [0.15, 0.2) is 184 Å². The number of anilines is 4. The Balaban J connectivity index is 2.35. The number of ether oxygens (including phenoxy) is 3. The summed E-state index contributed by atoms with van der Waals surface area (Å²) in [5.74, 6) is 3.85. The molecule has 0 bridgehead atoms. The summed E-state index contributed by atoms with van der Waals surface area (Å²) in [5.41, 5.74) is 2.57. The number of fused-ring (bicyclic) bond motifs is 4. The van der Waals surface area contributed by atoms with Gasteiger partial charge in [0.1, 0.15) is 17.1 Å². The molecule has 1 aliphatic rings. The number of hydrogen-bond donors (Lipinski definition) is 0. The molecule has 0 atom stereocenters. The number of rotatable bonds is 13. The molecule has 0 aromatic heterocycles. The molecule has 0 spiro atoms. The minimum atomic E-state index is 0.302. The van der Waals surface area contributed by atoms with Crippen molar-refractivity contribution in [1.29, 1.82) is 0 Å². The fraction of sp³-hybridized carbons (Fsp3) is 0.273. The van der Waals surface area contributed by atoms with Crippen molar-refractivity contribution in [3.8, 4) is 57.5 Å². The van der Waals surface area contributed by atoms with Crippen LogP contribution in [0.15, 0.2) is 0 Å². The van der Waals surface area contributed by atoms with Crippen LogP contribution in [-0.4, -0.2) is 19.8 Å². The molecule has 0 N–H and O–H groups in total. The van der Waals surface area contributed by atoms with Crippen LogP contribution in [0.2, 0.25) is 0 Å². The number of benzene rings is 3. The molecule has 1 heterocycles. The summed E-state index contributed by atoms with van der Waals surface area (Å²) in [6.07, 6.45) is 0. The standard InChI is InChI=1S/C22H15I9N2O10/c1-4-34-16-11-12(18(41-29)20(36-6-3)19(16)35-5-2)33(24)10-9(32(11)23)7-8(14(38-26)17(10)40-28)15(39-27)22(43-31)21(42-30)13(7)37-25/h4-6H2,1-3H3. The van der Waals surface area contributed by atoms with Gasteiger partial charge in [-0.3, -0.25) is 6.23 Å². The Bertz CT molecular complexity index is 1530. The first-order valence-electron chi connectivity index (χ1n) is 11.6. The van der Waals surface area contributed by atoms with Gasteiger partial charge in [-0.1, -0.05) is 0 Å². The first kappa shape index (κ1) is 37.9. The van der Waals surface area contributed by atoms with E-state index in [4.69, 9.17) is 35.7 Å². The molecule has 3 aromatic rings. The fourth-order valence-electron chi connectivity index (χ4n) is 4.48. The van der Waals surface area contributed by atoms with Gasteiger partial charge in [0.2, 0.25) is 34.5 Å². The zero-order valence-electron chi connectivity index (χ0n) is 21.5. The maximum absolute atomic E-state index is 6.30. The predicted octanol–water partition coefficient (Wildman–Crippen LogP) is 12.4. The van der Waals surface area contributed by atoms with E-state index < -0.39 is 0 Å². The molecule has 0 amide bonds. The van der Waals surface area contributed by atoms with E-state index in [-0.39, 0.29) is 0 Å². The summed E-state index contributed by atoms with van der Waals surface area (Å²) in [4.78, 5) is 0. The Labute approximate surface area is 373 Å². The third-order valence-corrected chi connectivity index (χ3v) is 10.9. The Morgan fingerprint density at radius 3 is 1.12 bits per heavy atom. The van der Waals surface area contributed by atoms with Crippen LogP contribution in [0.5, 0.6) is 57.5 Å². The average molecular weight is 1610 g/mol. The van der Waals surface area contributed by atoms with Crippen molar-refractivity contribution < 1.29 is 35.7 Å². The molecule has 12 nitrogen and oxygen atoms in total. The summed E-state index contributed by atoms with van der Waals surface area (Å²) in [6.45, 7) is 6.81. The maximum Gasteiger partial charge on any atom is 0.224 e. The van der Waals surface area contributed by atoms with E-state index in [0.29, 0.717) is 111 Å². The Kier molecular flexibility index (Phi) is 15.1. The fourth-order valence-corrected chi connectivity index (χ4v) is 9.17. The molecule has 0 radical (unpaired) electrons. The van der Waals surface area contributed by atoms with Gasteiger partial charge in [0.25, 0.3) is 0 Å². The third-order valence-electron chi connectivity index (χ3n) is 5.90. The first-order chi connectivity index (χ1) is 20.8. The molecule has 0 saturated heterocycles. The molecular formula is C22H15I9N2O10.